The molecule has 0 aliphatic heterocycles. The summed E-state index contributed by atoms with van der Waals surface area (Å²) in [5.74, 6) is -0.0927. The molecule has 1 heterocycles. The van der Waals surface area contributed by atoms with Gasteiger partial charge in [-0.3, -0.25) is 9.78 Å². The summed E-state index contributed by atoms with van der Waals surface area (Å²) in [6, 6.07) is 6.06. The monoisotopic (exact) mass is 256 g/mol. The number of hydrogen-bond acceptors (Lipinski definition) is 2. The zero-order valence-corrected chi connectivity index (χ0v) is 11.2. The van der Waals surface area contributed by atoms with Crippen LogP contribution in [0.2, 0.25) is 0 Å². The van der Waals surface area contributed by atoms with Gasteiger partial charge in [0, 0.05) is 23.9 Å². The van der Waals surface area contributed by atoms with E-state index in [0.717, 1.165) is 18.5 Å². The highest BCUT2D eigenvalue weighted by atomic mass is 16.1. The molecular formula is C16H20N2O. The van der Waals surface area contributed by atoms with Crippen molar-refractivity contribution in [1.29, 1.82) is 0 Å². The number of rotatable bonds is 4. The van der Waals surface area contributed by atoms with E-state index in [0.29, 0.717) is 12.0 Å². The predicted octanol–water partition coefficient (Wildman–Crippen LogP) is 2.59. The zero-order valence-electron chi connectivity index (χ0n) is 11.2. The SMILES string of the molecule is C=CC(=O)NCC1(c2ccccn2)CC2(CCC2)C1. The molecule has 3 heteroatoms. The summed E-state index contributed by atoms with van der Waals surface area (Å²) in [5, 5.41) is 2.96. The average molecular weight is 256 g/mol. The highest BCUT2D eigenvalue weighted by molar-refractivity contribution is 5.86. The standard InChI is InChI=1S/C16H20N2O/c1-2-14(19)18-12-16(13-6-3-4-9-17-13)10-15(11-16)7-5-8-15/h2-4,6,9H,1,5,7-8,10-12H2,(H,18,19). The number of carbonyl (C=O) groups is 1. The summed E-state index contributed by atoms with van der Waals surface area (Å²) < 4.78 is 0. The lowest BCUT2D eigenvalue weighted by molar-refractivity contribution is -0.118. The molecule has 1 N–H and O–H groups in total. The van der Waals surface area contributed by atoms with Crippen LogP contribution in [0.15, 0.2) is 37.1 Å². The minimum Gasteiger partial charge on any atom is -0.352 e. The van der Waals surface area contributed by atoms with Crippen LogP contribution in [0.4, 0.5) is 0 Å². The van der Waals surface area contributed by atoms with Gasteiger partial charge in [-0.1, -0.05) is 19.1 Å². The van der Waals surface area contributed by atoms with Gasteiger partial charge in [-0.25, -0.2) is 0 Å². The smallest absolute Gasteiger partial charge is 0.243 e. The Balaban J connectivity index is 1.77. The Labute approximate surface area is 114 Å². The molecule has 2 fully saturated rings. The lowest BCUT2D eigenvalue weighted by Gasteiger charge is -2.61. The topological polar surface area (TPSA) is 42.0 Å². The van der Waals surface area contributed by atoms with Gasteiger partial charge in [-0.15, -0.1) is 0 Å². The van der Waals surface area contributed by atoms with Crippen LogP contribution in [0.3, 0.4) is 0 Å². The van der Waals surface area contributed by atoms with Gasteiger partial charge in [-0.05, 0) is 49.3 Å². The Morgan fingerprint density at radius 2 is 2.21 bits per heavy atom. The fourth-order valence-corrected chi connectivity index (χ4v) is 3.82. The summed E-state index contributed by atoms with van der Waals surface area (Å²) in [7, 11) is 0. The molecule has 1 spiro atoms. The van der Waals surface area contributed by atoms with Gasteiger partial charge in [0.05, 0.1) is 0 Å². The lowest BCUT2D eigenvalue weighted by Crippen LogP contribution is -2.58. The molecule has 0 radical (unpaired) electrons. The summed E-state index contributed by atoms with van der Waals surface area (Å²) in [6.45, 7) is 4.18. The Bertz CT molecular complexity index is 483. The number of nitrogens with one attached hydrogen (secondary N) is 1. The average Bonchev–Trinajstić information content (AvgIpc) is 2.36. The number of nitrogens with zero attached hydrogens (tertiary/aromatic N) is 1. The van der Waals surface area contributed by atoms with Crippen LogP contribution < -0.4 is 5.32 Å². The van der Waals surface area contributed by atoms with E-state index in [1.807, 2.05) is 18.3 Å². The van der Waals surface area contributed by atoms with E-state index < -0.39 is 0 Å². The molecule has 1 amide bonds. The van der Waals surface area contributed by atoms with E-state index in [2.05, 4.69) is 22.9 Å². The second-order valence-corrected chi connectivity index (χ2v) is 6.12. The van der Waals surface area contributed by atoms with Crippen molar-refractivity contribution in [2.24, 2.45) is 5.41 Å². The molecule has 19 heavy (non-hydrogen) atoms. The van der Waals surface area contributed by atoms with E-state index in [4.69, 9.17) is 0 Å². The summed E-state index contributed by atoms with van der Waals surface area (Å²) in [6.07, 6.45) is 9.55. The Morgan fingerprint density at radius 1 is 1.42 bits per heavy atom. The molecule has 100 valence electrons. The molecule has 1 aromatic rings. The van der Waals surface area contributed by atoms with Crippen LogP contribution in [0.25, 0.3) is 0 Å². The van der Waals surface area contributed by atoms with Gasteiger partial charge in [0.1, 0.15) is 0 Å². The first-order valence-electron chi connectivity index (χ1n) is 7.00. The first-order chi connectivity index (χ1) is 9.18. The fourth-order valence-electron chi connectivity index (χ4n) is 3.82. The van der Waals surface area contributed by atoms with Crippen molar-refractivity contribution in [3.05, 3.63) is 42.7 Å². The van der Waals surface area contributed by atoms with E-state index in [1.165, 1.54) is 25.3 Å². The second-order valence-electron chi connectivity index (χ2n) is 6.12. The van der Waals surface area contributed by atoms with E-state index >= 15 is 0 Å². The van der Waals surface area contributed by atoms with Crippen molar-refractivity contribution in [3.63, 3.8) is 0 Å². The van der Waals surface area contributed by atoms with Crippen LogP contribution in [0.5, 0.6) is 0 Å². The van der Waals surface area contributed by atoms with Crippen molar-refractivity contribution in [2.75, 3.05) is 6.54 Å². The molecular weight excluding hydrogens is 236 g/mol. The maximum atomic E-state index is 11.4. The lowest BCUT2D eigenvalue weighted by atomic mass is 9.44. The number of aromatic nitrogens is 1. The summed E-state index contributed by atoms with van der Waals surface area (Å²) >= 11 is 0. The van der Waals surface area contributed by atoms with Gasteiger partial charge < -0.3 is 5.32 Å². The van der Waals surface area contributed by atoms with Crippen molar-refractivity contribution in [2.45, 2.75) is 37.5 Å². The van der Waals surface area contributed by atoms with Crippen molar-refractivity contribution in [3.8, 4) is 0 Å². The fraction of sp³-hybridized carbons (Fsp3) is 0.500. The van der Waals surface area contributed by atoms with Gasteiger partial charge in [0.25, 0.3) is 0 Å². The molecule has 0 atom stereocenters. The largest absolute Gasteiger partial charge is 0.352 e. The van der Waals surface area contributed by atoms with Crippen LogP contribution in [0, 0.1) is 5.41 Å². The molecule has 2 saturated carbocycles. The third-order valence-electron chi connectivity index (χ3n) is 4.84. The number of amides is 1. The number of pyridine rings is 1. The maximum absolute atomic E-state index is 11.4. The van der Waals surface area contributed by atoms with E-state index in [-0.39, 0.29) is 11.3 Å². The van der Waals surface area contributed by atoms with Crippen molar-refractivity contribution >= 4 is 5.91 Å². The van der Waals surface area contributed by atoms with Gasteiger partial charge in [0.2, 0.25) is 5.91 Å². The molecule has 2 aliphatic rings. The molecule has 0 saturated heterocycles. The van der Waals surface area contributed by atoms with Crippen molar-refractivity contribution in [1.82, 2.24) is 10.3 Å². The third-order valence-corrected chi connectivity index (χ3v) is 4.84. The highest BCUT2D eigenvalue weighted by Gasteiger charge is 2.58. The molecule has 3 rings (SSSR count). The van der Waals surface area contributed by atoms with E-state index in [1.54, 1.807) is 0 Å². The molecule has 0 bridgehead atoms. The van der Waals surface area contributed by atoms with Crippen LogP contribution in [-0.2, 0) is 10.2 Å². The quantitative estimate of drug-likeness (QED) is 0.841. The Morgan fingerprint density at radius 3 is 2.74 bits per heavy atom. The normalized spacial score (nSPS) is 22.1. The number of hydrogen-bond donors (Lipinski definition) is 1. The number of carbonyl (C=O) groups excluding carboxylic acids is 1. The summed E-state index contributed by atoms with van der Waals surface area (Å²) in [4.78, 5) is 15.9. The van der Waals surface area contributed by atoms with Gasteiger partial charge in [0.15, 0.2) is 0 Å². The van der Waals surface area contributed by atoms with Crippen molar-refractivity contribution < 1.29 is 4.79 Å². The Hall–Kier alpha value is -1.64. The molecule has 0 aromatic carbocycles. The van der Waals surface area contributed by atoms with E-state index in [9.17, 15) is 4.79 Å². The van der Waals surface area contributed by atoms with Gasteiger partial charge in [-0.2, -0.15) is 0 Å². The minimum absolute atomic E-state index is 0.0420. The molecule has 2 aliphatic carbocycles. The van der Waals surface area contributed by atoms with Crippen LogP contribution in [-0.4, -0.2) is 17.4 Å². The molecule has 3 nitrogen and oxygen atoms in total. The minimum atomic E-state index is -0.0927. The predicted molar refractivity (Wildman–Crippen MR) is 74.6 cm³/mol. The second kappa shape index (κ2) is 4.48. The third kappa shape index (κ3) is 2.07. The summed E-state index contributed by atoms with van der Waals surface area (Å²) in [5.41, 5.74) is 1.72. The van der Waals surface area contributed by atoms with Crippen LogP contribution >= 0.6 is 0 Å². The first-order valence-corrected chi connectivity index (χ1v) is 7.00. The zero-order chi connectivity index (χ0) is 13.3. The Kier molecular flexibility index (Phi) is 2.92. The molecule has 0 unspecified atom stereocenters. The first kappa shape index (κ1) is 12.4. The highest BCUT2D eigenvalue weighted by Crippen LogP contribution is 2.64. The molecule has 1 aromatic heterocycles. The maximum Gasteiger partial charge on any atom is 0.243 e. The van der Waals surface area contributed by atoms with Crippen LogP contribution in [0.1, 0.15) is 37.8 Å². The van der Waals surface area contributed by atoms with Gasteiger partial charge >= 0.3 is 0 Å².